The molecule has 2 aromatic rings. The van der Waals surface area contributed by atoms with E-state index in [4.69, 9.17) is 11.6 Å². The van der Waals surface area contributed by atoms with Gasteiger partial charge < -0.3 is 4.90 Å². The SMILES string of the molecule is C[NH+](Cc1ccc(Cl)s1)CN1C(=O)c2ccc([N+](=O)[O-])cc2C1=O. The second kappa shape index (κ2) is 6.31. The number of fused-ring (bicyclic) bond motifs is 1. The van der Waals surface area contributed by atoms with Gasteiger partial charge in [0.15, 0.2) is 6.67 Å². The zero-order valence-corrected chi connectivity index (χ0v) is 14.2. The van der Waals surface area contributed by atoms with E-state index in [9.17, 15) is 19.7 Å². The molecule has 2 heterocycles. The summed E-state index contributed by atoms with van der Waals surface area (Å²) in [7, 11) is 1.86. The van der Waals surface area contributed by atoms with Crippen molar-refractivity contribution < 1.29 is 19.4 Å². The zero-order valence-electron chi connectivity index (χ0n) is 12.6. The van der Waals surface area contributed by atoms with Gasteiger partial charge in [0.2, 0.25) is 0 Å². The Morgan fingerprint density at radius 1 is 1.21 bits per heavy atom. The van der Waals surface area contributed by atoms with Crippen LogP contribution in [0.4, 0.5) is 5.69 Å². The van der Waals surface area contributed by atoms with Gasteiger partial charge in [0.1, 0.15) is 6.54 Å². The predicted octanol–water partition coefficient (Wildman–Crippen LogP) is 1.58. The molecule has 1 aromatic heterocycles. The van der Waals surface area contributed by atoms with Crippen molar-refractivity contribution >= 4 is 40.4 Å². The summed E-state index contributed by atoms with van der Waals surface area (Å²) in [6, 6.07) is 7.43. The van der Waals surface area contributed by atoms with Gasteiger partial charge in [0, 0.05) is 12.1 Å². The summed E-state index contributed by atoms with van der Waals surface area (Å²) in [4.78, 5) is 38.2. The number of imide groups is 1. The van der Waals surface area contributed by atoms with Crippen LogP contribution in [0.25, 0.3) is 0 Å². The second-order valence-corrected chi connectivity index (χ2v) is 7.32. The van der Waals surface area contributed by atoms with Crippen molar-refractivity contribution in [3.63, 3.8) is 0 Å². The highest BCUT2D eigenvalue weighted by Gasteiger charge is 2.38. The minimum absolute atomic E-state index is 0.0844. The van der Waals surface area contributed by atoms with E-state index in [1.807, 2.05) is 13.1 Å². The number of hydrogen-bond acceptors (Lipinski definition) is 5. The van der Waals surface area contributed by atoms with Crippen molar-refractivity contribution in [2.45, 2.75) is 6.54 Å². The van der Waals surface area contributed by atoms with Gasteiger partial charge in [0.25, 0.3) is 17.5 Å². The summed E-state index contributed by atoms with van der Waals surface area (Å²) < 4.78 is 0.686. The standard InChI is InChI=1S/C15H12ClN3O4S/c1-17(7-10-3-5-13(16)24-10)8-18-14(20)11-4-2-9(19(22)23)6-12(11)15(18)21/h2-6H,7-8H2,1H3/p+1. The van der Waals surface area contributed by atoms with Crippen LogP contribution in [0.3, 0.4) is 0 Å². The highest BCUT2D eigenvalue weighted by Crippen LogP contribution is 2.26. The van der Waals surface area contributed by atoms with Crippen molar-refractivity contribution in [2.75, 3.05) is 13.7 Å². The first-order chi connectivity index (χ1) is 11.4. The molecule has 7 nitrogen and oxygen atoms in total. The maximum absolute atomic E-state index is 12.4. The maximum Gasteiger partial charge on any atom is 0.270 e. The number of benzene rings is 1. The van der Waals surface area contributed by atoms with E-state index in [1.165, 1.54) is 23.5 Å². The summed E-state index contributed by atoms with van der Waals surface area (Å²) >= 11 is 7.35. The highest BCUT2D eigenvalue weighted by atomic mass is 35.5. The van der Waals surface area contributed by atoms with Crippen LogP contribution in [0, 0.1) is 10.1 Å². The predicted molar refractivity (Wildman–Crippen MR) is 88.4 cm³/mol. The smallest absolute Gasteiger partial charge is 0.270 e. The Kier molecular flexibility index (Phi) is 4.35. The van der Waals surface area contributed by atoms with Gasteiger partial charge in [-0.1, -0.05) is 11.6 Å². The normalized spacial score (nSPS) is 14.8. The molecule has 0 saturated heterocycles. The molecule has 0 spiro atoms. The van der Waals surface area contributed by atoms with Crippen LogP contribution in [-0.2, 0) is 6.54 Å². The molecule has 0 fully saturated rings. The number of quaternary nitrogens is 1. The lowest BCUT2D eigenvalue weighted by molar-refractivity contribution is -0.900. The van der Waals surface area contributed by atoms with E-state index in [-0.39, 0.29) is 23.5 Å². The Morgan fingerprint density at radius 2 is 1.92 bits per heavy atom. The highest BCUT2D eigenvalue weighted by molar-refractivity contribution is 7.16. The van der Waals surface area contributed by atoms with Gasteiger partial charge in [-0.2, -0.15) is 0 Å². The lowest BCUT2D eigenvalue weighted by Crippen LogP contribution is -3.09. The summed E-state index contributed by atoms with van der Waals surface area (Å²) in [5.41, 5.74) is 0.0874. The van der Waals surface area contributed by atoms with E-state index in [0.29, 0.717) is 10.9 Å². The lowest BCUT2D eigenvalue weighted by Gasteiger charge is -2.19. The first-order valence-electron chi connectivity index (χ1n) is 7.07. The summed E-state index contributed by atoms with van der Waals surface area (Å²) in [5, 5.41) is 10.8. The van der Waals surface area contributed by atoms with Crippen molar-refractivity contribution in [3.8, 4) is 0 Å². The summed E-state index contributed by atoms with van der Waals surface area (Å²) in [6.07, 6.45) is 0. The number of thiophene rings is 1. The molecule has 9 heteroatoms. The third kappa shape index (κ3) is 3.03. The molecule has 1 aliphatic rings. The third-order valence-electron chi connectivity index (χ3n) is 3.70. The Labute approximate surface area is 146 Å². The number of nitro groups is 1. The van der Waals surface area contributed by atoms with E-state index in [2.05, 4.69) is 0 Å². The van der Waals surface area contributed by atoms with Crippen LogP contribution in [0.1, 0.15) is 25.6 Å². The fourth-order valence-corrected chi connectivity index (χ4v) is 3.81. The molecule has 124 valence electrons. The molecule has 1 unspecified atom stereocenters. The van der Waals surface area contributed by atoms with Crippen molar-refractivity contribution in [1.82, 2.24) is 4.90 Å². The Balaban J connectivity index is 1.76. The number of nitrogens with zero attached hydrogens (tertiary/aromatic N) is 2. The number of non-ortho nitro benzene ring substituents is 1. The molecule has 1 atom stereocenters. The molecule has 3 rings (SSSR count). The average Bonchev–Trinajstić information content (AvgIpc) is 3.04. The molecule has 1 aliphatic heterocycles. The van der Waals surface area contributed by atoms with Gasteiger partial charge in [0.05, 0.1) is 32.3 Å². The Hall–Kier alpha value is -2.29. The fraction of sp³-hybridized carbons (Fsp3) is 0.200. The van der Waals surface area contributed by atoms with Crippen LogP contribution in [0.15, 0.2) is 30.3 Å². The molecule has 0 aliphatic carbocycles. The van der Waals surface area contributed by atoms with Gasteiger partial charge in [-0.15, -0.1) is 11.3 Å². The molecule has 0 bridgehead atoms. The molecule has 0 radical (unpaired) electrons. The topological polar surface area (TPSA) is 85.0 Å². The Morgan fingerprint density at radius 3 is 2.54 bits per heavy atom. The van der Waals surface area contributed by atoms with Gasteiger partial charge in [-0.05, 0) is 18.2 Å². The number of carbonyl (C=O) groups is 2. The lowest BCUT2D eigenvalue weighted by atomic mass is 10.1. The number of amides is 2. The quantitative estimate of drug-likeness (QED) is 0.494. The molecule has 2 amide bonds. The minimum Gasteiger partial charge on any atom is -0.315 e. The molecule has 1 N–H and O–H groups in total. The number of nitrogens with one attached hydrogen (secondary N) is 1. The minimum atomic E-state index is -0.585. The molecule has 1 aromatic carbocycles. The molecule has 24 heavy (non-hydrogen) atoms. The number of nitro benzene ring substituents is 1. The maximum atomic E-state index is 12.4. The largest absolute Gasteiger partial charge is 0.315 e. The number of rotatable bonds is 5. The molecular weight excluding hydrogens is 354 g/mol. The number of carbonyl (C=O) groups excluding carboxylic acids is 2. The van der Waals surface area contributed by atoms with E-state index < -0.39 is 16.7 Å². The summed E-state index contributed by atoms with van der Waals surface area (Å²) in [6.45, 7) is 0.792. The van der Waals surface area contributed by atoms with Crippen LogP contribution in [0.2, 0.25) is 4.34 Å². The van der Waals surface area contributed by atoms with E-state index in [1.54, 1.807) is 6.07 Å². The fourth-order valence-electron chi connectivity index (χ4n) is 2.61. The third-order valence-corrected chi connectivity index (χ3v) is 4.93. The molecule has 0 saturated carbocycles. The first kappa shape index (κ1) is 16.6. The van der Waals surface area contributed by atoms with Crippen LogP contribution in [-0.4, -0.2) is 35.4 Å². The molecular formula is C15H13ClN3O4S+. The Bertz CT molecular complexity index is 851. The monoisotopic (exact) mass is 366 g/mol. The first-order valence-corrected chi connectivity index (χ1v) is 8.26. The van der Waals surface area contributed by atoms with Crippen LogP contribution >= 0.6 is 22.9 Å². The van der Waals surface area contributed by atoms with Gasteiger partial charge >= 0.3 is 0 Å². The van der Waals surface area contributed by atoms with Crippen molar-refractivity contribution in [3.05, 3.63) is 60.8 Å². The zero-order chi connectivity index (χ0) is 17.4. The van der Waals surface area contributed by atoms with Crippen molar-refractivity contribution in [2.24, 2.45) is 0 Å². The number of halogens is 1. The van der Waals surface area contributed by atoms with Crippen LogP contribution in [0.5, 0.6) is 0 Å². The van der Waals surface area contributed by atoms with E-state index >= 15 is 0 Å². The van der Waals surface area contributed by atoms with E-state index in [0.717, 1.165) is 20.7 Å². The number of hydrogen-bond donors (Lipinski definition) is 1. The van der Waals surface area contributed by atoms with Gasteiger partial charge in [-0.3, -0.25) is 19.7 Å². The van der Waals surface area contributed by atoms with Crippen molar-refractivity contribution in [1.29, 1.82) is 0 Å². The average molecular weight is 367 g/mol. The van der Waals surface area contributed by atoms with Crippen LogP contribution < -0.4 is 4.90 Å². The second-order valence-electron chi connectivity index (χ2n) is 5.52. The van der Waals surface area contributed by atoms with Gasteiger partial charge in [-0.25, -0.2) is 4.90 Å². The summed E-state index contributed by atoms with van der Waals surface area (Å²) in [5.74, 6) is -0.921.